The minimum atomic E-state index is -0.277. The molecule has 1 aromatic rings. The van der Waals surface area contributed by atoms with E-state index in [4.69, 9.17) is 11.3 Å². The molecule has 0 heterocycles. The third-order valence-corrected chi connectivity index (χ3v) is 2.09. The van der Waals surface area contributed by atoms with Crippen LogP contribution >= 0.6 is 0 Å². The Morgan fingerprint density at radius 1 is 1.36 bits per heavy atom. The van der Waals surface area contributed by atoms with Crippen molar-refractivity contribution in [1.29, 1.82) is 0 Å². The molecule has 0 spiro atoms. The van der Waals surface area contributed by atoms with E-state index in [2.05, 4.69) is 10.0 Å². The summed E-state index contributed by atoms with van der Waals surface area (Å²) in [4.78, 5) is 2.80. The average molecular weight is 190 g/mol. The first-order valence-corrected chi connectivity index (χ1v) is 4.51. The highest BCUT2D eigenvalue weighted by Crippen LogP contribution is 2.20. The maximum atomic E-state index is 8.40. The lowest BCUT2D eigenvalue weighted by molar-refractivity contribution is 0.586. The van der Waals surface area contributed by atoms with E-state index >= 15 is 0 Å². The van der Waals surface area contributed by atoms with Gasteiger partial charge in [-0.2, -0.15) is 0 Å². The topological polar surface area (TPSA) is 74.8 Å². The van der Waals surface area contributed by atoms with E-state index in [9.17, 15) is 0 Å². The Balaban J connectivity index is 2.99. The van der Waals surface area contributed by atoms with Crippen molar-refractivity contribution in [3.05, 3.63) is 45.8 Å². The third kappa shape index (κ3) is 2.49. The minimum absolute atomic E-state index is 0.173. The summed E-state index contributed by atoms with van der Waals surface area (Å²) in [5, 5.41) is 3.68. The zero-order chi connectivity index (χ0) is 10.6. The Morgan fingerprint density at radius 3 is 2.36 bits per heavy atom. The molecule has 0 aliphatic rings. The zero-order valence-corrected chi connectivity index (χ0v) is 8.38. The standard InChI is InChI=1S/C10H14N4/c1-7-3-5-9(6-4-7)10(8(2)11)13-14-12/h3-6,8,10H,11H2,1-2H3. The van der Waals surface area contributed by atoms with Crippen molar-refractivity contribution in [2.24, 2.45) is 10.8 Å². The molecule has 0 bridgehead atoms. The molecule has 2 atom stereocenters. The van der Waals surface area contributed by atoms with E-state index < -0.39 is 0 Å². The van der Waals surface area contributed by atoms with Crippen molar-refractivity contribution >= 4 is 0 Å². The van der Waals surface area contributed by atoms with Gasteiger partial charge >= 0.3 is 0 Å². The normalized spacial score (nSPS) is 14.2. The first-order valence-electron chi connectivity index (χ1n) is 4.51. The van der Waals surface area contributed by atoms with Gasteiger partial charge in [0.15, 0.2) is 0 Å². The van der Waals surface area contributed by atoms with Crippen LogP contribution in [0.4, 0.5) is 0 Å². The minimum Gasteiger partial charge on any atom is -0.327 e. The highest BCUT2D eigenvalue weighted by Gasteiger charge is 2.13. The summed E-state index contributed by atoms with van der Waals surface area (Å²) >= 11 is 0. The lowest BCUT2D eigenvalue weighted by Gasteiger charge is -2.15. The van der Waals surface area contributed by atoms with Gasteiger partial charge in [-0.25, -0.2) is 0 Å². The van der Waals surface area contributed by atoms with Crippen LogP contribution in [-0.4, -0.2) is 6.04 Å². The molecule has 74 valence electrons. The molecule has 0 amide bonds. The van der Waals surface area contributed by atoms with E-state index in [0.29, 0.717) is 0 Å². The van der Waals surface area contributed by atoms with Crippen LogP contribution < -0.4 is 5.73 Å². The van der Waals surface area contributed by atoms with Gasteiger partial charge in [0.2, 0.25) is 0 Å². The van der Waals surface area contributed by atoms with Crippen LogP contribution in [0.1, 0.15) is 24.1 Å². The average Bonchev–Trinajstić information content (AvgIpc) is 2.15. The summed E-state index contributed by atoms with van der Waals surface area (Å²) in [7, 11) is 0. The van der Waals surface area contributed by atoms with E-state index in [1.807, 2.05) is 38.1 Å². The molecule has 14 heavy (non-hydrogen) atoms. The molecule has 4 heteroatoms. The van der Waals surface area contributed by atoms with Gasteiger partial charge < -0.3 is 5.73 Å². The Kier molecular flexibility index (Phi) is 3.51. The van der Waals surface area contributed by atoms with Crippen molar-refractivity contribution in [3.8, 4) is 0 Å². The van der Waals surface area contributed by atoms with Crippen LogP contribution in [0.3, 0.4) is 0 Å². The van der Waals surface area contributed by atoms with Crippen molar-refractivity contribution in [2.45, 2.75) is 25.9 Å². The SMILES string of the molecule is Cc1ccc(C(N=[N+]=[N-])C(C)N)cc1. The molecule has 2 N–H and O–H groups in total. The molecule has 0 saturated heterocycles. The number of hydrogen-bond donors (Lipinski definition) is 1. The molecule has 2 unspecified atom stereocenters. The second-order valence-electron chi connectivity index (χ2n) is 3.42. The molecule has 1 rings (SSSR count). The van der Waals surface area contributed by atoms with Crippen LogP contribution in [0.15, 0.2) is 29.4 Å². The Labute approximate surface area is 83.4 Å². The zero-order valence-electron chi connectivity index (χ0n) is 8.38. The van der Waals surface area contributed by atoms with Gasteiger partial charge in [0.25, 0.3) is 0 Å². The van der Waals surface area contributed by atoms with Crippen molar-refractivity contribution in [2.75, 3.05) is 0 Å². The Morgan fingerprint density at radius 2 is 1.93 bits per heavy atom. The summed E-state index contributed by atoms with van der Waals surface area (Å²) in [5.74, 6) is 0. The lowest BCUT2D eigenvalue weighted by atomic mass is 10.0. The van der Waals surface area contributed by atoms with E-state index in [1.165, 1.54) is 5.56 Å². The molecule has 0 aliphatic heterocycles. The fourth-order valence-electron chi connectivity index (χ4n) is 1.29. The molecule has 0 fully saturated rings. The molecule has 1 aromatic carbocycles. The maximum Gasteiger partial charge on any atom is 0.0773 e. The van der Waals surface area contributed by atoms with Crippen LogP contribution in [0, 0.1) is 6.92 Å². The quantitative estimate of drug-likeness (QED) is 0.444. The lowest BCUT2D eigenvalue weighted by Crippen LogP contribution is -2.22. The number of nitrogens with zero attached hydrogens (tertiary/aromatic N) is 3. The summed E-state index contributed by atoms with van der Waals surface area (Å²) in [6.45, 7) is 3.84. The van der Waals surface area contributed by atoms with E-state index in [0.717, 1.165) is 5.56 Å². The maximum absolute atomic E-state index is 8.40. The molecule has 0 aliphatic carbocycles. The van der Waals surface area contributed by atoms with Gasteiger partial charge in [-0.05, 0) is 24.9 Å². The summed E-state index contributed by atoms with van der Waals surface area (Å²) in [5.41, 5.74) is 16.3. The molecular formula is C10H14N4. The van der Waals surface area contributed by atoms with Crippen molar-refractivity contribution in [1.82, 2.24) is 0 Å². The van der Waals surface area contributed by atoms with E-state index in [-0.39, 0.29) is 12.1 Å². The van der Waals surface area contributed by atoms with Gasteiger partial charge in [0, 0.05) is 11.0 Å². The van der Waals surface area contributed by atoms with Gasteiger partial charge in [-0.1, -0.05) is 34.9 Å². The predicted octanol–water partition coefficient (Wildman–Crippen LogP) is 2.69. The second-order valence-corrected chi connectivity index (χ2v) is 3.42. The first kappa shape index (κ1) is 10.6. The van der Waals surface area contributed by atoms with Crippen LogP contribution in [0.2, 0.25) is 0 Å². The second kappa shape index (κ2) is 4.65. The fraction of sp³-hybridized carbons (Fsp3) is 0.400. The largest absolute Gasteiger partial charge is 0.327 e. The Bertz CT molecular complexity index is 336. The summed E-state index contributed by atoms with van der Waals surface area (Å²) < 4.78 is 0. The number of nitrogens with two attached hydrogens (primary N) is 1. The smallest absolute Gasteiger partial charge is 0.0773 e. The van der Waals surface area contributed by atoms with Crippen molar-refractivity contribution < 1.29 is 0 Å². The fourth-order valence-corrected chi connectivity index (χ4v) is 1.29. The van der Waals surface area contributed by atoms with E-state index in [1.54, 1.807) is 0 Å². The van der Waals surface area contributed by atoms with Crippen LogP contribution in [0.5, 0.6) is 0 Å². The van der Waals surface area contributed by atoms with Crippen LogP contribution in [-0.2, 0) is 0 Å². The van der Waals surface area contributed by atoms with Gasteiger partial charge in [-0.15, -0.1) is 0 Å². The van der Waals surface area contributed by atoms with Crippen LogP contribution in [0.25, 0.3) is 10.4 Å². The monoisotopic (exact) mass is 190 g/mol. The van der Waals surface area contributed by atoms with Gasteiger partial charge in [-0.3, -0.25) is 0 Å². The third-order valence-electron chi connectivity index (χ3n) is 2.09. The number of aryl methyl sites for hydroxylation is 1. The molecule has 0 aromatic heterocycles. The number of hydrogen-bond acceptors (Lipinski definition) is 2. The molecule has 0 saturated carbocycles. The predicted molar refractivity (Wildman–Crippen MR) is 56.7 cm³/mol. The molecular weight excluding hydrogens is 176 g/mol. The number of azide groups is 1. The highest BCUT2D eigenvalue weighted by molar-refractivity contribution is 5.25. The summed E-state index contributed by atoms with van der Waals surface area (Å²) in [6.07, 6.45) is 0. The van der Waals surface area contributed by atoms with Crippen molar-refractivity contribution in [3.63, 3.8) is 0 Å². The highest BCUT2D eigenvalue weighted by atomic mass is 15.2. The molecule has 0 radical (unpaired) electrons. The number of benzene rings is 1. The summed E-state index contributed by atoms with van der Waals surface area (Å²) in [6, 6.07) is 7.40. The molecule has 4 nitrogen and oxygen atoms in total. The first-order chi connectivity index (χ1) is 6.65. The van der Waals surface area contributed by atoms with Gasteiger partial charge in [0.1, 0.15) is 0 Å². The van der Waals surface area contributed by atoms with Gasteiger partial charge in [0.05, 0.1) is 6.04 Å². The number of rotatable bonds is 3. The Hall–Kier alpha value is -1.51.